The third-order valence-corrected chi connectivity index (χ3v) is 5.78. The number of benzene rings is 1. The predicted molar refractivity (Wildman–Crippen MR) is 141 cm³/mol. The van der Waals surface area contributed by atoms with Crippen molar-refractivity contribution in [2.45, 2.75) is 50.2 Å². The van der Waals surface area contributed by atoms with E-state index in [1.165, 1.54) is 0 Å². The smallest absolute Gasteiger partial charge is 0.326 e. The number of nitrogens with two attached hydrogens (primary N) is 3. The van der Waals surface area contributed by atoms with E-state index in [0.29, 0.717) is 5.56 Å². The number of hydrogen-bond donors (Lipinski definition) is 9. The molecule has 0 fully saturated rings. The Morgan fingerprint density at radius 1 is 0.923 bits per heavy atom. The van der Waals surface area contributed by atoms with Crippen molar-refractivity contribution in [3.8, 4) is 0 Å². The molecule has 0 bridgehead atoms. The van der Waals surface area contributed by atoms with Crippen molar-refractivity contribution in [3.05, 3.63) is 36.0 Å². The molecule has 0 spiro atoms. The van der Waals surface area contributed by atoms with Gasteiger partial charge in [0.15, 0.2) is 5.96 Å². The molecule has 2 rings (SSSR count). The van der Waals surface area contributed by atoms with E-state index in [9.17, 15) is 29.1 Å². The van der Waals surface area contributed by atoms with Crippen LogP contribution in [0.25, 0.3) is 10.9 Å². The molecule has 39 heavy (non-hydrogen) atoms. The summed E-state index contributed by atoms with van der Waals surface area (Å²) in [6.45, 7) is -0.252. The van der Waals surface area contributed by atoms with Crippen LogP contribution < -0.4 is 33.2 Å². The summed E-state index contributed by atoms with van der Waals surface area (Å²) in [5.41, 5.74) is 17.4. The van der Waals surface area contributed by atoms with Gasteiger partial charge in [0, 0.05) is 36.5 Å². The summed E-state index contributed by atoms with van der Waals surface area (Å²) in [5, 5.41) is 26.8. The summed E-state index contributed by atoms with van der Waals surface area (Å²) in [5.74, 6) is -4.99. The van der Waals surface area contributed by atoms with Crippen LogP contribution in [0.1, 0.15) is 31.2 Å². The average molecular weight is 547 g/mol. The number of guanidine groups is 1. The highest BCUT2D eigenvalue weighted by atomic mass is 16.4. The van der Waals surface area contributed by atoms with Gasteiger partial charge < -0.3 is 48.3 Å². The number of carbonyl (C=O) groups excluding carboxylic acids is 3. The number of aliphatic carboxylic acids is 2. The fourth-order valence-corrected chi connectivity index (χ4v) is 3.83. The molecular formula is C24H34N8O7. The van der Waals surface area contributed by atoms with E-state index in [0.717, 1.165) is 10.9 Å². The molecule has 0 aliphatic carbocycles. The van der Waals surface area contributed by atoms with E-state index in [1.54, 1.807) is 6.20 Å². The molecule has 0 aliphatic heterocycles. The Morgan fingerprint density at radius 3 is 2.23 bits per heavy atom. The number of nitrogens with zero attached hydrogens (tertiary/aromatic N) is 1. The van der Waals surface area contributed by atoms with Crippen molar-refractivity contribution < 1.29 is 34.2 Å². The SMILES string of the molecule is NCC(=O)NC(Cc1c[nH]c2ccccc12)C(=O)NC(CCC(=O)O)C(=O)NC(CCCN=C(N)N)C(=O)O. The molecule has 1 aromatic carbocycles. The summed E-state index contributed by atoms with van der Waals surface area (Å²) in [6, 6.07) is 3.44. The minimum absolute atomic E-state index is 0.0206. The van der Waals surface area contributed by atoms with Crippen molar-refractivity contribution in [3.63, 3.8) is 0 Å². The van der Waals surface area contributed by atoms with Gasteiger partial charge in [-0.05, 0) is 30.9 Å². The van der Waals surface area contributed by atoms with Gasteiger partial charge >= 0.3 is 11.9 Å². The summed E-state index contributed by atoms with van der Waals surface area (Å²) in [6.07, 6.45) is 1.14. The number of carboxylic acids is 2. The van der Waals surface area contributed by atoms with E-state index >= 15 is 0 Å². The molecule has 1 aromatic heterocycles. The highest BCUT2D eigenvalue weighted by molar-refractivity contribution is 5.94. The van der Waals surface area contributed by atoms with Gasteiger partial charge in [0.05, 0.1) is 6.54 Å². The first-order chi connectivity index (χ1) is 18.5. The summed E-state index contributed by atoms with van der Waals surface area (Å²) >= 11 is 0. The van der Waals surface area contributed by atoms with Crippen LogP contribution in [0.4, 0.5) is 0 Å². The number of amides is 3. The number of aromatic amines is 1. The first-order valence-corrected chi connectivity index (χ1v) is 12.2. The molecular weight excluding hydrogens is 512 g/mol. The predicted octanol–water partition coefficient (Wildman–Crippen LogP) is -1.87. The Kier molecular flexibility index (Phi) is 11.7. The second-order valence-corrected chi connectivity index (χ2v) is 8.73. The Morgan fingerprint density at radius 2 is 1.59 bits per heavy atom. The van der Waals surface area contributed by atoms with E-state index in [4.69, 9.17) is 22.3 Å². The summed E-state index contributed by atoms with van der Waals surface area (Å²) in [4.78, 5) is 68.0. The van der Waals surface area contributed by atoms with Crippen LogP contribution in [0.5, 0.6) is 0 Å². The molecule has 0 radical (unpaired) electrons. The van der Waals surface area contributed by atoms with Crippen LogP contribution in [-0.4, -0.2) is 82.0 Å². The minimum atomic E-state index is -1.39. The lowest BCUT2D eigenvalue weighted by molar-refractivity contribution is -0.143. The molecule has 3 atom stereocenters. The van der Waals surface area contributed by atoms with Crippen molar-refractivity contribution >= 4 is 46.5 Å². The second kappa shape index (κ2) is 14.9. The van der Waals surface area contributed by atoms with Gasteiger partial charge in [0.1, 0.15) is 18.1 Å². The molecule has 0 aliphatic rings. The topological polar surface area (TPSA) is 268 Å². The van der Waals surface area contributed by atoms with Crippen LogP contribution in [0, 0.1) is 0 Å². The maximum Gasteiger partial charge on any atom is 0.326 e. The molecule has 3 unspecified atom stereocenters. The van der Waals surface area contributed by atoms with Gasteiger partial charge in [-0.3, -0.25) is 24.2 Å². The molecule has 3 amide bonds. The number of aromatic nitrogens is 1. The van der Waals surface area contributed by atoms with Crippen molar-refractivity contribution in [1.29, 1.82) is 0 Å². The highest BCUT2D eigenvalue weighted by Gasteiger charge is 2.30. The van der Waals surface area contributed by atoms with Gasteiger partial charge in [-0.1, -0.05) is 18.2 Å². The molecule has 0 saturated heterocycles. The van der Waals surface area contributed by atoms with Gasteiger partial charge in [-0.2, -0.15) is 0 Å². The number of nitrogens with one attached hydrogen (secondary N) is 4. The van der Waals surface area contributed by atoms with Crippen LogP contribution in [0.3, 0.4) is 0 Å². The third-order valence-electron chi connectivity index (χ3n) is 5.78. The van der Waals surface area contributed by atoms with E-state index in [2.05, 4.69) is 25.9 Å². The quantitative estimate of drug-likeness (QED) is 0.0642. The standard InChI is InChI=1S/C24H34N8O7/c25-11-19(33)30-18(10-13-12-29-15-5-2-1-4-14(13)15)22(37)31-16(7-8-20(34)35)21(36)32-17(23(38)39)6-3-9-28-24(26)27/h1-2,4-5,12,16-18,29H,3,6-11,25H2,(H,30,33)(H,31,37)(H,32,36)(H,34,35)(H,38,39)(H4,26,27,28). The number of rotatable bonds is 16. The monoisotopic (exact) mass is 546 g/mol. The molecule has 15 heteroatoms. The number of hydrogen-bond acceptors (Lipinski definition) is 7. The lowest BCUT2D eigenvalue weighted by Gasteiger charge is -2.24. The zero-order valence-electron chi connectivity index (χ0n) is 21.2. The Bertz CT molecular complexity index is 1210. The zero-order chi connectivity index (χ0) is 28.9. The lowest BCUT2D eigenvalue weighted by atomic mass is 10.0. The Hall–Kier alpha value is -4.66. The van der Waals surface area contributed by atoms with Crippen LogP contribution in [0.2, 0.25) is 0 Å². The van der Waals surface area contributed by atoms with Gasteiger partial charge in [-0.25, -0.2) is 4.79 Å². The molecule has 0 saturated carbocycles. The van der Waals surface area contributed by atoms with Crippen LogP contribution >= 0.6 is 0 Å². The Balaban J connectivity index is 2.20. The van der Waals surface area contributed by atoms with E-state index in [-0.39, 0.29) is 44.7 Å². The van der Waals surface area contributed by atoms with Gasteiger partial charge in [0.2, 0.25) is 17.7 Å². The molecule has 1 heterocycles. The van der Waals surface area contributed by atoms with E-state index in [1.807, 2.05) is 24.3 Å². The zero-order valence-corrected chi connectivity index (χ0v) is 21.2. The number of para-hydroxylation sites is 1. The van der Waals surface area contributed by atoms with Crippen molar-refractivity contribution in [1.82, 2.24) is 20.9 Å². The van der Waals surface area contributed by atoms with Gasteiger partial charge in [-0.15, -0.1) is 0 Å². The summed E-state index contributed by atoms with van der Waals surface area (Å²) < 4.78 is 0. The number of fused-ring (bicyclic) bond motifs is 1. The highest BCUT2D eigenvalue weighted by Crippen LogP contribution is 2.19. The first-order valence-electron chi connectivity index (χ1n) is 12.2. The van der Waals surface area contributed by atoms with Gasteiger partial charge in [0.25, 0.3) is 0 Å². The normalized spacial score (nSPS) is 13.1. The summed E-state index contributed by atoms with van der Waals surface area (Å²) in [7, 11) is 0. The maximum absolute atomic E-state index is 13.3. The molecule has 15 nitrogen and oxygen atoms in total. The lowest BCUT2D eigenvalue weighted by Crippen LogP contribution is -2.56. The minimum Gasteiger partial charge on any atom is -0.481 e. The largest absolute Gasteiger partial charge is 0.481 e. The number of H-pyrrole nitrogens is 1. The third kappa shape index (κ3) is 9.96. The fraction of sp³-hybridized carbons (Fsp3) is 0.417. The van der Waals surface area contributed by atoms with Crippen molar-refractivity contribution in [2.75, 3.05) is 13.1 Å². The average Bonchev–Trinajstić information content (AvgIpc) is 3.29. The molecule has 212 valence electrons. The van der Waals surface area contributed by atoms with Crippen LogP contribution in [0.15, 0.2) is 35.5 Å². The number of carboxylic acid groups (broad SMARTS) is 2. The first kappa shape index (κ1) is 30.6. The van der Waals surface area contributed by atoms with E-state index < -0.39 is 54.2 Å². The van der Waals surface area contributed by atoms with Crippen LogP contribution in [-0.2, 0) is 30.4 Å². The molecule has 12 N–H and O–H groups in total. The number of aliphatic imine (C=N–C) groups is 1. The van der Waals surface area contributed by atoms with Crippen molar-refractivity contribution in [2.24, 2.45) is 22.2 Å². The second-order valence-electron chi connectivity index (χ2n) is 8.73. The fourth-order valence-electron chi connectivity index (χ4n) is 3.83. The molecule has 2 aromatic rings. The maximum atomic E-state index is 13.3. The number of carbonyl (C=O) groups is 5. The Labute approximate surface area is 223 Å².